The van der Waals surface area contributed by atoms with Crippen LogP contribution in [-0.4, -0.2) is 16.4 Å². The first kappa shape index (κ1) is 10.7. The first-order chi connectivity index (χ1) is 6.47. The van der Waals surface area contributed by atoms with Crippen LogP contribution >= 0.6 is 23.2 Å². The number of ketones is 2. The molecule has 0 radical (unpaired) electrons. The lowest BCUT2D eigenvalue weighted by Crippen LogP contribution is -2.45. The molecular formula is C8H2Cl2N2O2. The van der Waals surface area contributed by atoms with Gasteiger partial charge >= 0.3 is 0 Å². The number of rotatable bonds is 0. The number of nitrogens with zero attached hydrogens (tertiary/aromatic N) is 2. The number of carbonyl (C=O) groups is 2. The fraction of sp³-hybridized carbons (Fsp3) is 0.250. The van der Waals surface area contributed by atoms with E-state index in [2.05, 4.69) is 0 Å². The number of alkyl halides is 1. The predicted molar refractivity (Wildman–Crippen MR) is 47.2 cm³/mol. The van der Waals surface area contributed by atoms with Crippen LogP contribution in [0.2, 0.25) is 0 Å². The largest absolute Gasteiger partial charge is 0.292 e. The molecule has 1 aliphatic rings. The molecule has 2 atom stereocenters. The summed E-state index contributed by atoms with van der Waals surface area (Å²) in [5, 5.41) is 16.9. The predicted octanol–water partition coefficient (Wildman–Crippen LogP) is 0.902. The van der Waals surface area contributed by atoms with Gasteiger partial charge in [-0.2, -0.15) is 10.5 Å². The lowest BCUT2D eigenvalue weighted by molar-refractivity contribution is -0.124. The van der Waals surface area contributed by atoms with Crippen LogP contribution in [0.5, 0.6) is 0 Å². The Balaban J connectivity index is 3.38. The normalized spacial score (nSPS) is 31.7. The van der Waals surface area contributed by atoms with Gasteiger partial charge < -0.3 is 0 Å². The van der Waals surface area contributed by atoms with Crippen LogP contribution < -0.4 is 0 Å². The van der Waals surface area contributed by atoms with Crippen molar-refractivity contribution in [1.29, 1.82) is 10.5 Å². The summed E-state index contributed by atoms with van der Waals surface area (Å²) < 4.78 is 0. The lowest BCUT2D eigenvalue weighted by Gasteiger charge is -2.23. The molecule has 70 valence electrons. The van der Waals surface area contributed by atoms with Crippen LogP contribution in [0.15, 0.2) is 11.1 Å². The molecule has 0 heterocycles. The zero-order valence-corrected chi connectivity index (χ0v) is 8.13. The van der Waals surface area contributed by atoms with E-state index in [-0.39, 0.29) is 5.03 Å². The fourth-order valence-corrected chi connectivity index (χ4v) is 1.43. The summed E-state index contributed by atoms with van der Waals surface area (Å²) in [6.07, 6.45) is 0.772. The summed E-state index contributed by atoms with van der Waals surface area (Å²) in [5.41, 5.74) is 0. The Hall–Kier alpha value is -1.36. The van der Waals surface area contributed by atoms with E-state index in [0.717, 1.165) is 6.08 Å². The first-order valence-electron chi connectivity index (χ1n) is 3.43. The summed E-state index contributed by atoms with van der Waals surface area (Å²) in [6, 6.07) is 2.96. The van der Waals surface area contributed by atoms with Gasteiger partial charge in [0.1, 0.15) is 0 Å². The summed E-state index contributed by atoms with van der Waals surface area (Å²) in [6.45, 7) is 0. The molecule has 0 aliphatic heterocycles. The Morgan fingerprint density at radius 2 is 2.00 bits per heavy atom. The number of Topliss-reactive ketones (excluding diaryl/α,β-unsaturated/α-hetero) is 1. The van der Waals surface area contributed by atoms with E-state index in [1.807, 2.05) is 0 Å². The van der Waals surface area contributed by atoms with Gasteiger partial charge in [0.05, 0.1) is 17.2 Å². The molecule has 0 saturated heterocycles. The lowest BCUT2D eigenvalue weighted by atomic mass is 9.82. The van der Waals surface area contributed by atoms with Gasteiger partial charge in [0.15, 0.2) is 17.5 Å². The standard InChI is InChI=1S/C8H2Cl2N2O2/c9-5-1-6(13)8(10,3-12)4(2-11)7(5)14/h1,4H. The topological polar surface area (TPSA) is 81.7 Å². The van der Waals surface area contributed by atoms with Crippen molar-refractivity contribution < 1.29 is 9.59 Å². The Morgan fingerprint density at radius 1 is 1.43 bits per heavy atom. The van der Waals surface area contributed by atoms with Crippen molar-refractivity contribution >= 4 is 34.8 Å². The highest BCUT2D eigenvalue weighted by Gasteiger charge is 2.51. The van der Waals surface area contributed by atoms with Crippen molar-refractivity contribution in [3.8, 4) is 12.1 Å². The van der Waals surface area contributed by atoms with E-state index in [1.54, 1.807) is 0 Å². The molecule has 0 aromatic carbocycles. The Labute approximate surface area is 89.3 Å². The molecule has 0 bridgehead atoms. The molecule has 2 unspecified atom stereocenters. The number of hydrogen-bond donors (Lipinski definition) is 0. The Bertz CT molecular complexity index is 430. The Kier molecular flexibility index (Phi) is 2.62. The average Bonchev–Trinajstić information content (AvgIpc) is 2.16. The van der Waals surface area contributed by atoms with Crippen LogP contribution in [0.1, 0.15) is 0 Å². The van der Waals surface area contributed by atoms with Crippen molar-refractivity contribution in [3.63, 3.8) is 0 Å². The summed E-state index contributed by atoms with van der Waals surface area (Å²) in [7, 11) is 0. The Morgan fingerprint density at radius 3 is 2.43 bits per heavy atom. The summed E-state index contributed by atoms with van der Waals surface area (Å²) >= 11 is 11.0. The zero-order chi connectivity index (χ0) is 10.9. The maximum absolute atomic E-state index is 11.3. The molecule has 14 heavy (non-hydrogen) atoms. The second-order valence-electron chi connectivity index (χ2n) is 2.61. The number of halogens is 2. The maximum atomic E-state index is 11.3. The molecule has 1 rings (SSSR count). The maximum Gasteiger partial charge on any atom is 0.215 e. The second kappa shape index (κ2) is 3.42. The molecule has 0 spiro atoms. The number of allylic oxidation sites excluding steroid dienone is 2. The third-order valence-corrected chi connectivity index (χ3v) is 2.59. The molecule has 0 amide bonds. The molecular weight excluding hydrogens is 227 g/mol. The van der Waals surface area contributed by atoms with E-state index in [4.69, 9.17) is 33.7 Å². The van der Waals surface area contributed by atoms with Gasteiger partial charge in [0.2, 0.25) is 4.87 Å². The van der Waals surface area contributed by atoms with Crippen molar-refractivity contribution in [2.45, 2.75) is 4.87 Å². The SMILES string of the molecule is N#CC1C(=O)C(Cl)=CC(=O)C1(Cl)C#N. The van der Waals surface area contributed by atoms with Crippen molar-refractivity contribution in [2.75, 3.05) is 0 Å². The van der Waals surface area contributed by atoms with E-state index in [9.17, 15) is 9.59 Å². The molecule has 0 aromatic rings. The number of hydrogen-bond acceptors (Lipinski definition) is 4. The molecule has 6 heteroatoms. The van der Waals surface area contributed by atoms with Crippen LogP contribution in [0.3, 0.4) is 0 Å². The van der Waals surface area contributed by atoms with Crippen LogP contribution in [-0.2, 0) is 9.59 Å². The van der Waals surface area contributed by atoms with Gasteiger partial charge in [0, 0.05) is 6.08 Å². The summed E-state index contributed by atoms with van der Waals surface area (Å²) in [5.74, 6) is -3.18. The van der Waals surface area contributed by atoms with Crippen molar-refractivity contribution in [2.24, 2.45) is 5.92 Å². The van der Waals surface area contributed by atoms with Gasteiger partial charge in [-0.1, -0.05) is 23.2 Å². The monoisotopic (exact) mass is 228 g/mol. The number of nitriles is 2. The van der Waals surface area contributed by atoms with Crippen molar-refractivity contribution in [3.05, 3.63) is 11.1 Å². The van der Waals surface area contributed by atoms with E-state index in [0.29, 0.717) is 0 Å². The van der Waals surface area contributed by atoms with Crippen LogP contribution in [0.25, 0.3) is 0 Å². The fourth-order valence-electron chi connectivity index (χ4n) is 1.02. The highest BCUT2D eigenvalue weighted by Crippen LogP contribution is 2.34. The van der Waals surface area contributed by atoms with E-state index < -0.39 is 22.4 Å². The van der Waals surface area contributed by atoms with Gasteiger partial charge in [0.25, 0.3) is 0 Å². The van der Waals surface area contributed by atoms with E-state index in [1.165, 1.54) is 12.1 Å². The molecule has 0 aromatic heterocycles. The highest BCUT2D eigenvalue weighted by molar-refractivity contribution is 6.51. The minimum absolute atomic E-state index is 0.368. The first-order valence-corrected chi connectivity index (χ1v) is 4.18. The highest BCUT2D eigenvalue weighted by atomic mass is 35.5. The molecule has 4 nitrogen and oxygen atoms in total. The van der Waals surface area contributed by atoms with Gasteiger partial charge in [-0.25, -0.2) is 0 Å². The third kappa shape index (κ3) is 1.29. The van der Waals surface area contributed by atoms with Gasteiger partial charge in [-0.15, -0.1) is 0 Å². The molecule has 1 aliphatic carbocycles. The minimum Gasteiger partial charge on any atom is -0.292 e. The number of carbonyl (C=O) groups excluding carboxylic acids is 2. The molecule has 0 fully saturated rings. The van der Waals surface area contributed by atoms with E-state index >= 15 is 0 Å². The molecule has 0 saturated carbocycles. The van der Waals surface area contributed by atoms with Gasteiger partial charge in [-0.05, 0) is 0 Å². The third-order valence-electron chi connectivity index (χ3n) is 1.80. The quantitative estimate of drug-likeness (QED) is 0.577. The average molecular weight is 229 g/mol. The van der Waals surface area contributed by atoms with Crippen molar-refractivity contribution in [1.82, 2.24) is 0 Å². The molecule has 0 N–H and O–H groups in total. The smallest absolute Gasteiger partial charge is 0.215 e. The summed E-state index contributed by atoms with van der Waals surface area (Å²) in [4.78, 5) is 20.4. The van der Waals surface area contributed by atoms with Crippen LogP contribution in [0, 0.1) is 28.6 Å². The zero-order valence-electron chi connectivity index (χ0n) is 6.62. The van der Waals surface area contributed by atoms with Gasteiger partial charge in [-0.3, -0.25) is 9.59 Å². The van der Waals surface area contributed by atoms with Crippen LogP contribution in [0.4, 0.5) is 0 Å². The second-order valence-corrected chi connectivity index (χ2v) is 3.61. The minimum atomic E-state index is -2.13.